The zero-order chi connectivity index (χ0) is 10.8. The molecule has 1 aromatic heterocycles. The van der Waals surface area contributed by atoms with Crippen molar-refractivity contribution in [3.8, 4) is 0 Å². The van der Waals surface area contributed by atoms with Crippen molar-refractivity contribution in [1.29, 1.82) is 0 Å². The molecular formula is C13H19N. The second-order valence-corrected chi connectivity index (χ2v) is 2.44. The molecule has 14 heavy (non-hydrogen) atoms. The predicted molar refractivity (Wildman–Crippen MR) is 65.1 cm³/mol. The largest absolute Gasteiger partial charge is 0.361 e. The fraction of sp³-hybridized carbons (Fsp3) is 0.231. The minimum Gasteiger partial charge on any atom is -0.361 e. The van der Waals surface area contributed by atoms with Crippen LogP contribution in [0.3, 0.4) is 0 Å². The summed E-state index contributed by atoms with van der Waals surface area (Å²) in [5, 5.41) is 0. The van der Waals surface area contributed by atoms with E-state index in [-0.39, 0.29) is 0 Å². The molecule has 0 unspecified atom stereocenters. The number of aromatic nitrogens is 1. The van der Waals surface area contributed by atoms with E-state index in [1.807, 2.05) is 57.3 Å². The van der Waals surface area contributed by atoms with Gasteiger partial charge in [0.15, 0.2) is 0 Å². The highest BCUT2D eigenvalue weighted by atomic mass is 14.7. The van der Waals surface area contributed by atoms with Gasteiger partial charge in [0.05, 0.1) is 0 Å². The Morgan fingerprint density at radius 2 is 2.14 bits per heavy atom. The summed E-state index contributed by atoms with van der Waals surface area (Å²) in [6.07, 6.45) is 9.74. The molecule has 1 heteroatoms. The summed E-state index contributed by atoms with van der Waals surface area (Å²) in [5.41, 5.74) is 2.27. The average Bonchev–Trinajstić information content (AvgIpc) is 2.73. The Balaban J connectivity index is 0.000000791. The molecule has 0 aromatic carbocycles. The molecule has 1 N–H and O–H groups in total. The van der Waals surface area contributed by atoms with Gasteiger partial charge in [-0.2, -0.15) is 0 Å². The van der Waals surface area contributed by atoms with Crippen molar-refractivity contribution in [3.63, 3.8) is 0 Å². The molecule has 0 spiro atoms. The summed E-state index contributed by atoms with van der Waals surface area (Å²) in [6, 6.07) is 4.02. The molecule has 0 aliphatic carbocycles. The summed E-state index contributed by atoms with van der Waals surface area (Å²) in [4.78, 5) is 3.14. The van der Waals surface area contributed by atoms with E-state index in [0.29, 0.717) is 0 Å². The molecule has 0 saturated heterocycles. The van der Waals surface area contributed by atoms with Crippen LogP contribution in [0.5, 0.6) is 0 Å². The van der Waals surface area contributed by atoms with Crippen LogP contribution < -0.4 is 0 Å². The molecule has 1 aromatic rings. The van der Waals surface area contributed by atoms with Gasteiger partial charge in [-0.05, 0) is 24.6 Å². The number of nitrogens with one attached hydrogen (secondary N) is 1. The molecule has 1 nitrogen and oxygen atoms in total. The third-order valence-corrected chi connectivity index (χ3v) is 1.55. The molecule has 0 saturated carbocycles. The van der Waals surface area contributed by atoms with Gasteiger partial charge in [0.1, 0.15) is 0 Å². The topological polar surface area (TPSA) is 15.8 Å². The van der Waals surface area contributed by atoms with Crippen LogP contribution in [0.4, 0.5) is 0 Å². The number of rotatable bonds is 3. The minimum absolute atomic E-state index is 1.12. The standard InChI is InChI=1S/C11H13N.C2H6/c1-3-6-10(7-4-2)11-8-5-9-12-11;1-2/h3-9,12H,1H2,2H3;1-2H3/b7-4-,10-6+;. The molecule has 1 rings (SSSR count). The Hall–Kier alpha value is -1.50. The third-order valence-electron chi connectivity index (χ3n) is 1.55. The van der Waals surface area contributed by atoms with Gasteiger partial charge in [-0.3, -0.25) is 0 Å². The normalized spacial score (nSPS) is 10.9. The smallest absolute Gasteiger partial charge is 0.0453 e. The molecule has 0 fully saturated rings. The van der Waals surface area contributed by atoms with Crippen molar-refractivity contribution in [2.75, 3.05) is 0 Å². The van der Waals surface area contributed by atoms with E-state index in [1.165, 1.54) is 0 Å². The van der Waals surface area contributed by atoms with Gasteiger partial charge in [-0.1, -0.05) is 44.7 Å². The SMILES string of the molecule is C=C/C=C(\C=C/C)c1ccc[nH]1.CC. The van der Waals surface area contributed by atoms with Gasteiger partial charge in [-0.15, -0.1) is 0 Å². The molecular weight excluding hydrogens is 170 g/mol. The lowest BCUT2D eigenvalue weighted by molar-refractivity contribution is 1.36. The minimum atomic E-state index is 1.12. The number of aromatic amines is 1. The van der Waals surface area contributed by atoms with Crippen LogP contribution >= 0.6 is 0 Å². The summed E-state index contributed by atoms with van der Waals surface area (Å²) in [7, 11) is 0. The average molecular weight is 189 g/mol. The van der Waals surface area contributed by atoms with Crippen molar-refractivity contribution < 1.29 is 0 Å². The van der Waals surface area contributed by atoms with Gasteiger partial charge in [-0.25, -0.2) is 0 Å². The Kier molecular flexibility index (Phi) is 7.24. The van der Waals surface area contributed by atoms with Crippen LogP contribution in [-0.4, -0.2) is 4.98 Å². The summed E-state index contributed by atoms with van der Waals surface area (Å²) in [5.74, 6) is 0. The van der Waals surface area contributed by atoms with Gasteiger partial charge in [0.2, 0.25) is 0 Å². The molecule has 0 aliphatic rings. The highest BCUT2D eigenvalue weighted by molar-refractivity contribution is 5.72. The first-order valence-corrected chi connectivity index (χ1v) is 4.97. The molecule has 0 radical (unpaired) electrons. The molecule has 0 aliphatic heterocycles. The van der Waals surface area contributed by atoms with Crippen LogP contribution in [0.1, 0.15) is 26.5 Å². The van der Waals surface area contributed by atoms with Crippen LogP contribution in [0, 0.1) is 0 Å². The highest BCUT2D eigenvalue weighted by Crippen LogP contribution is 2.12. The second-order valence-electron chi connectivity index (χ2n) is 2.44. The van der Waals surface area contributed by atoms with E-state index in [1.54, 1.807) is 6.08 Å². The lowest BCUT2D eigenvalue weighted by Crippen LogP contribution is -1.78. The maximum Gasteiger partial charge on any atom is 0.0453 e. The Bertz CT molecular complexity index is 289. The van der Waals surface area contributed by atoms with Crippen LogP contribution in [-0.2, 0) is 0 Å². The Labute approximate surface area is 86.9 Å². The maximum atomic E-state index is 3.67. The van der Waals surface area contributed by atoms with E-state index < -0.39 is 0 Å². The Morgan fingerprint density at radius 3 is 2.57 bits per heavy atom. The zero-order valence-corrected chi connectivity index (χ0v) is 9.25. The summed E-state index contributed by atoms with van der Waals surface area (Å²) in [6.45, 7) is 9.67. The molecule has 1 heterocycles. The summed E-state index contributed by atoms with van der Waals surface area (Å²) >= 11 is 0. The van der Waals surface area contributed by atoms with Crippen LogP contribution in [0.15, 0.2) is 49.2 Å². The fourth-order valence-corrected chi connectivity index (χ4v) is 1.05. The third kappa shape index (κ3) is 3.94. The lowest BCUT2D eigenvalue weighted by atomic mass is 10.1. The van der Waals surface area contributed by atoms with Gasteiger partial charge >= 0.3 is 0 Å². The predicted octanol–water partition coefficient (Wildman–Crippen LogP) is 4.19. The monoisotopic (exact) mass is 189 g/mol. The highest BCUT2D eigenvalue weighted by Gasteiger charge is 1.94. The first-order valence-electron chi connectivity index (χ1n) is 4.97. The van der Waals surface area contributed by atoms with Crippen molar-refractivity contribution in [2.24, 2.45) is 0 Å². The maximum absolute atomic E-state index is 3.67. The second kappa shape index (κ2) is 8.11. The van der Waals surface area contributed by atoms with E-state index >= 15 is 0 Å². The van der Waals surface area contributed by atoms with E-state index in [2.05, 4.69) is 11.6 Å². The molecule has 0 atom stereocenters. The molecule has 0 amide bonds. The fourth-order valence-electron chi connectivity index (χ4n) is 1.05. The van der Waals surface area contributed by atoms with Crippen molar-refractivity contribution >= 4 is 5.57 Å². The van der Waals surface area contributed by atoms with Crippen molar-refractivity contribution in [1.82, 2.24) is 4.98 Å². The van der Waals surface area contributed by atoms with E-state index in [4.69, 9.17) is 0 Å². The van der Waals surface area contributed by atoms with Crippen molar-refractivity contribution in [3.05, 3.63) is 54.9 Å². The molecule has 76 valence electrons. The first-order chi connectivity index (χ1) is 6.88. The lowest BCUT2D eigenvalue weighted by Gasteiger charge is -1.95. The summed E-state index contributed by atoms with van der Waals surface area (Å²) < 4.78 is 0. The number of H-pyrrole nitrogens is 1. The van der Waals surface area contributed by atoms with Crippen LogP contribution in [0.25, 0.3) is 5.57 Å². The number of allylic oxidation sites excluding steroid dienone is 5. The zero-order valence-electron chi connectivity index (χ0n) is 9.25. The quantitative estimate of drug-likeness (QED) is 0.686. The van der Waals surface area contributed by atoms with E-state index in [9.17, 15) is 0 Å². The van der Waals surface area contributed by atoms with Crippen LogP contribution in [0.2, 0.25) is 0 Å². The molecule has 0 bridgehead atoms. The number of hydrogen-bond acceptors (Lipinski definition) is 0. The van der Waals surface area contributed by atoms with E-state index in [0.717, 1.165) is 11.3 Å². The van der Waals surface area contributed by atoms with Crippen molar-refractivity contribution in [2.45, 2.75) is 20.8 Å². The van der Waals surface area contributed by atoms with Gasteiger partial charge < -0.3 is 4.98 Å². The number of hydrogen-bond donors (Lipinski definition) is 1. The first kappa shape index (κ1) is 12.5. The van der Waals surface area contributed by atoms with Gasteiger partial charge in [0, 0.05) is 11.9 Å². The van der Waals surface area contributed by atoms with Gasteiger partial charge in [0.25, 0.3) is 0 Å². The Morgan fingerprint density at radius 1 is 1.43 bits per heavy atom.